The van der Waals surface area contributed by atoms with Crippen LogP contribution in [0, 0.1) is 5.82 Å². The van der Waals surface area contributed by atoms with Crippen molar-refractivity contribution in [2.45, 2.75) is 45.6 Å². The average Bonchev–Trinajstić information content (AvgIpc) is 3.73. The molecule has 2 aliphatic rings. The van der Waals surface area contributed by atoms with Gasteiger partial charge in [0.15, 0.2) is 11.6 Å². The summed E-state index contributed by atoms with van der Waals surface area (Å²) in [5, 5.41) is 12.0. The van der Waals surface area contributed by atoms with Crippen molar-refractivity contribution in [1.82, 2.24) is 9.65 Å². The minimum absolute atomic E-state index is 0. The van der Waals surface area contributed by atoms with E-state index < -0.39 is 36.4 Å². The normalized spacial score (nSPS) is 17.2. The Balaban J connectivity index is 0.00000280. The van der Waals surface area contributed by atoms with Gasteiger partial charge in [-0.3, -0.25) is 13.8 Å². The van der Waals surface area contributed by atoms with E-state index in [-0.39, 0.29) is 80.2 Å². The molecule has 2 fully saturated rings. The molecule has 39 heavy (non-hydrogen) atoms. The van der Waals surface area contributed by atoms with Crippen molar-refractivity contribution in [1.29, 1.82) is 0 Å². The van der Waals surface area contributed by atoms with Crippen LogP contribution in [0.3, 0.4) is 0 Å². The summed E-state index contributed by atoms with van der Waals surface area (Å²) in [4.78, 5) is 26.2. The zero-order chi connectivity index (χ0) is 27.6. The number of hydrogen-bond acceptors (Lipinski definition) is 7. The SMILES string of the molecule is CCOP(=O)(NC/C(F)=C1/CCCN(c2c(F)cc3c(=O)c(C(=O)O)cn(C4CC4)c3c2OC)C1)OCC.[H-].[Na+]. The number of carboxylic acids is 1. The van der Waals surface area contributed by atoms with Gasteiger partial charge in [0.1, 0.15) is 17.1 Å². The van der Waals surface area contributed by atoms with Crippen molar-refractivity contribution in [2.75, 3.05) is 44.9 Å². The number of rotatable bonds is 11. The van der Waals surface area contributed by atoms with Crippen LogP contribution in [0.4, 0.5) is 14.5 Å². The second-order valence-corrected chi connectivity index (χ2v) is 11.0. The Morgan fingerprint density at radius 3 is 2.51 bits per heavy atom. The van der Waals surface area contributed by atoms with Gasteiger partial charge in [-0.05, 0) is 51.2 Å². The monoisotopic (exact) mass is 579 g/mol. The first-order chi connectivity index (χ1) is 18.1. The number of pyridine rings is 1. The average molecular weight is 580 g/mol. The number of aromatic carboxylic acids is 1. The molecule has 0 amide bonds. The smallest absolute Gasteiger partial charge is 1.00 e. The Hall–Kier alpha value is -1.79. The molecular weight excluding hydrogens is 546 g/mol. The van der Waals surface area contributed by atoms with Crippen molar-refractivity contribution in [3.05, 3.63) is 45.3 Å². The molecule has 0 unspecified atom stereocenters. The maximum absolute atomic E-state index is 15.6. The minimum Gasteiger partial charge on any atom is -1.00 e. The summed E-state index contributed by atoms with van der Waals surface area (Å²) in [7, 11) is -2.31. The molecule has 2 N–H and O–H groups in total. The number of ether oxygens (including phenoxy) is 1. The van der Waals surface area contributed by atoms with E-state index in [0.717, 1.165) is 18.9 Å². The molecule has 1 aliphatic heterocycles. The third kappa shape index (κ3) is 6.75. The number of aromatic nitrogens is 1. The summed E-state index contributed by atoms with van der Waals surface area (Å²) in [6.07, 6.45) is 3.80. The minimum atomic E-state index is -3.66. The number of piperidine rings is 1. The third-order valence-electron chi connectivity index (χ3n) is 6.59. The first kappa shape index (κ1) is 31.7. The Morgan fingerprint density at radius 2 is 1.95 bits per heavy atom. The van der Waals surface area contributed by atoms with Gasteiger partial charge >= 0.3 is 43.3 Å². The fourth-order valence-corrected chi connectivity index (χ4v) is 6.04. The van der Waals surface area contributed by atoms with Gasteiger partial charge in [0.25, 0.3) is 0 Å². The molecule has 2 heterocycles. The number of benzene rings is 1. The number of halogens is 2. The quantitative estimate of drug-likeness (QED) is 0.304. The van der Waals surface area contributed by atoms with Gasteiger partial charge in [0, 0.05) is 25.3 Å². The fourth-order valence-electron chi connectivity index (χ4n) is 4.77. The van der Waals surface area contributed by atoms with Crippen molar-refractivity contribution in [3.63, 3.8) is 0 Å². The molecule has 1 aliphatic carbocycles. The van der Waals surface area contributed by atoms with E-state index in [0.29, 0.717) is 30.5 Å². The number of methoxy groups -OCH3 is 1. The molecule has 0 atom stereocenters. The second kappa shape index (κ2) is 13.2. The second-order valence-electron chi connectivity index (χ2n) is 9.15. The number of carbonyl (C=O) groups is 1. The zero-order valence-electron chi connectivity index (χ0n) is 23.6. The predicted molar refractivity (Wildman–Crippen MR) is 140 cm³/mol. The maximum atomic E-state index is 15.6. The number of nitrogens with one attached hydrogen (secondary N) is 1. The van der Waals surface area contributed by atoms with Gasteiger partial charge in [0.2, 0.25) is 5.43 Å². The summed E-state index contributed by atoms with van der Waals surface area (Å²) < 4.78 is 61.0. The summed E-state index contributed by atoms with van der Waals surface area (Å²) >= 11 is 0. The first-order valence-electron chi connectivity index (χ1n) is 12.6. The number of hydrogen-bond donors (Lipinski definition) is 2. The van der Waals surface area contributed by atoms with Crippen LogP contribution >= 0.6 is 7.75 Å². The summed E-state index contributed by atoms with van der Waals surface area (Å²) in [6.45, 7) is 3.61. The molecule has 10 nitrogen and oxygen atoms in total. The van der Waals surface area contributed by atoms with Crippen LogP contribution in [0.15, 0.2) is 28.5 Å². The van der Waals surface area contributed by atoms with E-state index in [1.165, 1.54) is 13.3 Å². The number of anilines is 1. The van der Waals surface area contributed by atoms with Crippen LogP contribution in [0.25, 0.3) is 10.9 Å². The topological polar surface area (TPSA) is 119 Å². The van der Waals surface area contributed by atoms with Gasteiger partial charge < -0.3 is 20.7 Å². The molecule has 0 radical (unpaired) electrons. The van der Waals surface area contributed by atoms with Crippen LogP contribution in [-0.2, 0) is 13.6 Å². The summed E-state index contributed by atoms with van der Waals surface area (Å²) in [5.74, 6) is -2.61. The van der Waals surface area contributed by atoms with Crippen molar-refractivity contribution >= 4 is 30.3 Å². The van der Waals surface area contributed by atoms with Gasteiger partial charge in [-0.25, -0.2) is 23.2 Å². The molecule has 14 heteroatoms. The number of fused-ring (bicyclic) bond motifs is 1. The Bertz CT molecular complexity index is 1380. The van der Waals surface area contributed by atoms with Crippen LogP contribution in [0.2, 0.25) is 0 Å². The van der Waals surface area contributed by atoms with E-state index in [1.807, 2.05) is 0 Å². The van der Waals surface area contributed by atoms with E-state index in [2.05, 4.69) is 5.09 Å². The molecule has 0 bridgehead atoms. The van der Waals surface area contributed by atoms with Crippen LogP contribution in [-0.4, -0.2) is 55.6 Å². The Labute approximate surface area is 248 Å². The fraction of sp³-hybridized carbons (Fsp3) is 0.520. The number of carboxylic acid groups (broad SMARTS) is 1. The Morgan fingerprint density at radius 1 is 1.28 bits per heavy atom. The molecule has 4 rings (SSSR count). The van der Waals surface area contributed by atoms with Gasteiger partial charge in [-0.1, -0.05) is 0 Å². The van der Waals surface area contributed by atoms with Crippen molar-refractivity contribution < 1.29 is 68.0 Å². The molecule has 1 saturated carbocycles. The molecule has 2 aromatic rings. The van der Waals surface area contributed by atoms with Crippen molar-refractivity contribution in [2.24, 2.45) is 0 Å². The van der Waals surface area contributed by atoms with Crippen LogP contribution in [0.5, 0.6) is 5.75 Å². The van der Waals surface area contributed by atoms with Gasteiger partial charge in [0.05, 0.1) is 37.8 Å². The van der Waals surface area contributed by atoms with E-state index in [1.54, 1.807) is 23.3 Å². The largest absolute Gasteiger partial charge is 1.00 e. The van der Waals surface area contributed by atoms with E-state index in [9.17, 15) is 19.3 Å². The van der Waals surface area contributed by atoms with Crippen LogP contribution in [0.1, 0.15) is 57.4 Å². The summed E-state index contributed by atoms with van der Waals surface area (Å²) in [6, 6.07) is 1.01. The van der Waals surface area contributed by atoms with Gasteiger partial charge in [-0.15, -0.1) is 0 Å². The molecule has 1 aromatic carbocycles. The number of nitrogens with zero attached hydrogens (tertiary/aromatic N) is 2. The first-order valence-corrected chi connectivity index (χ1v) is 14.1. The molecule has 0 spiro atoms. The summed E-state index contributed by atoms with van der Waals surface area (Å²) in [5.41, 5.74) is -0.450. The van der Waals surface area contributed by atoms with Crippen LogP contribution < -0.4 is 49.7 Å². The maximum Gasteiger partial charge on any atom is 1.00 e. The molecule has 210 valence electrons. The molecular formula is C25H33F2N3NaO7P. The zero-order valence-corrected chi connectivity index (χ0v) is 25.5. The van der Waals surface area contributed by atoms with Gasteiger partial charge in [-0.2, -0.15) is 0 Å². The third-order valence-corrected chi connectivity index (χ3v) is 8.33. The molecule has 1 aromatic heterocycles. The standard InChI is InChI=1S/C25H32F2N3O7P.Na.H/c1-4-36-38(34,37-5-2)28-12-20(27)15-7-6-10-29(13-15)22-19(26)11-17-21(24(22)35-3)30(16-8-9-16)14-18(23(17)31)25(32)33;;/h11,14,16H,4-10,12-13H2,1-3H3,(H,28,34)(H,32,33);;/q;+1;-1/b20-15+;;. The Kier molecular flexibility index (Phi) is 10.8. The van der Waals surface area contributed by atoms with Crippen molar-refractivity contribution in [3.8, 4) is 5.75 Å². The van der Waals surface area contributed by atoms with E-state index >= 15 is 8.78 Å². The van der Waals surface area contributed by atoms with E-state index in [4.69, 9.17) is 13.8 Å². The predicted octanol–water partition coefficient (Wildman–Crippen LogP) is 1.89. The molecule has 1 saturated heterocycles.